The van der Waals surface area contributed by atoms with Crippen LogP contribution in [0, 0.1) is 6.92 Å². The first-order valence-corrected chi connectivity index (χ1v) is 11.7. The van der Waals surface area contributed by atoms with Crippen molar-refractivity contribution in [2.75, 3.05) is 11.9 Å². The summed E-state index contributed by atoms with van der Waals surface area (Å²) in [5.41, 5.74) is 3.89. The lowest BCUT2D eigenvalue weighted by molar-refractivity contribution is -0.119. The quantitative estimate of drug-likeness (QED) is 0.295. The van der Waals surface area contributed by atoms with Gasteiger partial charge in [-0.15, -0.1) is 0 Å². The van der Waals surface area contributed by atoms with Crippen molar-refractivity contribution in [3.8, 4) is 11.3 Å². The van der Waals surface area contributed by atoms with Crippen LogP contribution in [0.5, 0.6) is 0 Å². The van der Waals surface area contributed by atoms with Gasteiger partial charge in [-0.1, -0.05) is 65.4 Å². The van der Waals surface area contributed by atoms with Gasteiger partial charge in [0.15, 0.2) is 11.7 Å². The van der Waals surface area contributed by atoms with E-state index >= 15 is 0 Å². The summed E-state index contributed by atoms with van der Waals surface area (Å²) in [6, 6.07) is 22.2. The molecule has 0 aliphatic rings. The normalized spacial score (nSPS) is 11.0. The second-order valence-electron chi connectivity index (χ2n) is 7.60. The lowest BCUT2D eigenvalue weighted by Gasteiger charge is -2.14. The first kappa shape index (κ1) is 22.0. The molecular formula is C26H18ClN3O3S. The van der Waals surface area contributed by atoms with Crippen LogP contribution in [-0.4, -0.2) is 28.5 Å². The minimum Gasteiger partial charge on any atom is -0.452 e. The summed E-state index contributed by atoms with van der Waals surface area (Å²) in [5.74, 6) is -1.06. The lowest BCUT2D eigenvalue weighted by atomic mass is 9.98. The fourth-order valence-electron chi connectivity index (χ4n) is 3.77. The predicted octanol–water partition coefficient (Wildman–Crippen LogP) is 6.27. The summed E-state index contributed by atoms with van der Waals surface area (Å²) >= 11 is 7.54. The van der Waals surface area contributed by atoms with Gasteiger partial charge >= 0.3 is 5.97 Å². The molecule has 8 heteroatoms. The molecule has 0 spiro atoms. The van der Waals surface area contributed by atoms with Crippen molar-refractivity contribution in [2.24, 2.45) is 0 Å². The maximum Gasteiger partial charge on any atom is 0.339 e. The molecule has 0 bridgehead atoms. The first-order chi connectivity index (χ1) is 16.5. The third kappa shape index (κ3) is 4.35. The third-order valence-electron chi connectivity index (χ3n) is 5.31. The molecule has 5 aromatic rings. The molecule has 3 aromatic carbocycles. The Morgan fingerprint density at radius 2 is 1.74 bits per heavy atom. The molecule has 1 N–H and O–H groups in total. The van der Waals surface area contributed by atoms with E-state index < -0.39 is 18.5 Å². The number of carbonyl (C=O) groups excluding carboxylic acids is 2. The van der Waals surface area contributed by atoms with Crippen LogP contribution in [0.2, 0.25) is 5.02 Å². The number of pyridine rings is 1. The average Bonchev–Trinajstić information content (AvgIpc) is 3.24. The minimum absolute atomic E-state index is 0.369. The molecular weight excluding hydrogens is 470 g/mol. The van der Waals surface area contributed by atoms with E-state index in [0.717, 1.165) is 15.8 Å². The summed E-state index contributed by atoms with van der Waals surface area (Å²) < 4.78 is 6.37. The van der Waals surface area contributed by atoms with Crippen molar-refractivity contribution >= 4 is 61.1 Å². The number of ether oxygens (including phenoxy) is 1. The molecule has 0 saturated heterocycles. The van der Waals surface area contributed by atoms with Gasteiger partial charge in [-0.3, -0.25) is 10.1 Å². The van der Waals surface area contributed by atoms with E-state index in [1.54, 1.807) is 12.1 Å². The second kappa shape index (κ2) is 9.21. The molecule has 5 rings (SSSR count). The van der Waals surface area contributed by atoms with E-state index in [9.17, 15) is 9.59 Å². The Labute approximate surface area is 204 Å². The Bertz CT molecular complexity index is 1530. The van der Waals surface area contributed by atoms with Gasteiger partial charge in [0.1, 0.15) is 0 Å². The van der Waals surface area contributed by atoms with Gasteiger partial charge in [-0.05, 0) is 42.8 Å². The van der Waals surface area contributed by atoms with Gasteiger partial charge in [-0.2, -0.15) is 0 Å². The van der Waals surface area contributed by atoms with Gasteiger partial charge in [0.05, 0.1) is 27.0 Å². The van der Waals surface area contributed by atoms with E-state index in [4.69, 9.17) is 21.3 Å². The number of para-hydroxylation sites is 2. The monoisotopic (exact) mass is 487 g/mol. The smallest absolute Gasteiger partial charge is 0.339 e. The van der Waals surface area contributed by atoms with Crippen molar-refractivity contribution in [3.05, 3.63) is 88.9 Å². The zero-order valence-electron chi connectivity index (χ0n) is 18.0. The average molecular weight is 488 g/mol. The summed E-state index contributed by atoms with van der Waals surface area (Å²) in [4.78, 5) is 34.7. The van der Waals surface area contributed by atoms with Crippen LogP contribution in [0.25, 0.3) is 32.4 Å². The van der Waals surface area contributed by atoms with E-state index in [1.807, 2.05) is 67.6 Å². The number of anilines is 1. The Hall–Kier alpha value is -3.81. The predicted molar refractivity (Wildman–Crippen MR) is 135 cm³/mol. The van der Waals surface area contributed by atoms with Crippen molar-refractivity contribution in [3.63, 3.8) is 0 Å². The molecule has 0 saturated carbocycles. The largest absolute Gasteiger partial charge is 0.452 e. The van der Waals surface area contributed by atoms with Crippen LogP contribution >= 0.6 is 22.9 Å². The summed E-state index contributed by atoms with van der Waals surface area (Å²) in [7, 11) is 0. The fourth-order valence-corrected chi connectivity index (χ4v) is 4.84. The van der Waals surface area contributed by atoms with E-state index in [0.29, 0.717) is 37.9 Å². The molecule has 0 unspecified atom stereocenters. The summed E-state index contributed by atoms with van der Waals surface area (Å²) in [6.45, 7) is 1.38. The second-order valence-corrected chi connectivity index (χ2v) is 9.07. The van der Waals surface area contributed by atoms with E-state index in [-0.39, 0.29) is 0 Å². The van der Waals surface area contributed by atoms with Gasteiger partial charge in [0.25, 0.3) is 5.91 Å². The highest BCUT2D eigenvalue weighted by molar-refractivity contribution is 7.22. The number of rotatable bonds is 5. The van der Waals surface area contributed by atoms with E-state index in [1.165, 1.54) is 11.3 Å². The number of aromatic nitrogens is 2. The van der Waals surface area contributed by atoms with Crippen molar-refractivity contribution in [2.45, 2.75) is 6.92 Å². The Morgan fingerprint density at radius 1 is 0.971 bits per heavy atom. The number of carbonyl (C=O) groups is 2. The Morgan fingerprint density at radius 3 is 2.53 bits per heavy atom. The highest BCUT2D eigenvalue weighted by atomic mass is 35.5. The van der Waals surface area contributed by atoms with Crippen LogP contribution in [0.4, 0.5) is 5.13 Å². The van der Waals surface area contributed by atoms with Crippen LogP contribution in [0.1, 0.15) is 15.9 Å². The van der Waals surface area contributed by atoms with Crippen LogP contribution in [0.15, 0.2) is 72.8 Å². The highest BCUT2D eigenvalue weighted by Crippen LogP contribution is 2.31. The number of hydrogen-bond acceptors (Lipinski definition) is 6. The number of hydrogen-bond donors (Lipinski definition) is 1. The van der Waals surface area contributed by atoms with Crippen molar-refractivity contribution in [1.82, 2.24) is 9.97 Å². The molecule has 2 aromatic heterocycles. The van der Waals surface area contributed by atoms with Crippen molar-refractivity contribution in [1.29, 1.82) is 0 Å². The molecule has 6 nitrogen and oxygen atoms in total. The number of amides is 1. The maximum absolute atomic E-state index is 13.2. The number of fused-ring (bicyclic) bond motifs is 2. The molecule has 2 heterocycles. The minimum atomic E-state index is -0.598. The number of benzene rings is 3. The molecule has 168 valence electrons. The van der Waals surface area contributed by atoms with Gasteiger partial charge in [0.2, 0.25) is 0 Å². The topological polar surface area (TPSA) is 81.2 Å². The number of nitrogens with one attached hydrogen (secondary N) is 1. The summed E-state index contributed by atoms with van der Waals surface area (Å²) in [5, 5.41) is 4.38. The molecule has 0 radical (unpaired) electrons. The molecule has 0 fully saturated rings. The SMILES string of the molecule is Cc1c(-c2cccc(Cl)c2)nc2ccccc2c1C(=O)OCC(=O)Nc1nc2ccccc2s1. The zero-order valence-corrected chi connectivity index (χ0v) is 19.6. The molecule has 0 atom stereocenters. The molecule has 0 aliphatic heterocycles. The third-order valence-corrected chi connectivity index (χ3v) is 6.50. The number of nitrogens with zero attached hydrogens (tertiary/aromatic N) is 2. The van der Waals surface area contributed by atoms with Crippen LogP contribution < -0.4 is 5.32 Å². The standard InChI is InChI=1S/C26H18ClN3O3S/c1-15-23(18-9-2-3-10-19(18)28-24(15)16-7-6-8-17(27)13-16)25(32)33-14-22(31)30-26-29-20-11-4-5-12-21(20)34-26/h2-13H,14H2,1H3,(H,29,30,31). The van der Waals surface area contributed by atoms with E-state index in [2.05, 4.69) is 10.3 Å². The Kier molecular flexibility index (Phi) is 5.96. The van der Waals surface area contributed by atoms with Gasteiger partial charge in [-0.25, -0.2) is 14.8 Å². The highest BCUT2D eigenvalue weighted by Gasteiger charge is 2.21. The van der Waals surface area contributed by atoms with Crippen molar-refractivity contribution < 1.29 is 14.3 Å². The lowest BCUT2D eigenvalue weighted by Crippen LogP contribution is -2.21. The number of halogens is 1. The Balaban J connectivity index is 1.41. The number of thiazole rings is 1. The molecule has 34 heavy (non-hydrogen) atoms. The van der Waals surface area contributed by atoms with Gasteiger partial charge in [0, 0.05) is 16.0 Å². The molecule has 0 aliphatic carbocycles. The fraction of sp³-hybridized carbons (Fsp3) is 0.0769. The van der Waals surface area contributed by atoms with Crippen LogP contribution in [0.3, 0.4) is 0 Å². The zero-order chi connectivity index (χ0) is 23.7. The van der Waals surface area contributed by atoms with Gasteiger partial charge < -0.3 is 4.74 Å². The summed E-state index contributed by atoms with van der Waals surface area (Å²) in [6.07, 6.45) is 0. The first-order valence-electron chi connectivity index (χ1n) is 10.5. The number of esters is 1. The maximum atomic E-state index is 13.2. The molecule has 1 amide bonds. The van der Waals surface area contributed by atoms with Crippen LogP contribution in [-0.2, 0) is 9.53 Å².